The van der Waals surface area contributed by atoms with Gasteiger partial charge < -0.3 is 20.7 Å². The van der Waals surface area contributed by atoms with E-state index in [0.29, 0.717) is 34.3 Å². The molecule has 8 heteroatoms. The van der Waals surface area contributed by atoms with Crippen molar-refractivity contribution in [2.45, 2.75) is 32.3 Å². The van der Waals surface area contributed by atoms with Crippen LogP contribution in [0.5, 0.6) is 11.5 Å². The number of carbonyl (C=O) groups is 1. The third kappa shape index (κ3) is 5.91. The first-order valence-corrected chi connectivity index (χ1v) is 11.4. The summed E-state index contributed by atoms with van der Waals surface area (Å²) in [5.41, 5.74) is 7.34. The number of aliphatic imine (C=N–C) groups is 1. The summed E-state index contributed by atoms with van der Waals surface area (Å²) in [6, 6.07) is 12.8. The third-order valence-electron chi connectivity index (χ3n) is 5.07. The number of para-hydroxylation sites is 1. The SMILES string of the molecule is COc1cc(/C=C2/S/C(=N/c3ccccc3)N(CCCCCCN)C2=O)cc(CO)c1O. The first-order valence-electron chi connectivity index (χ1n) is 10.6. The highest BCUT2D eigenvalue weighted by Crippen LogP contribution is 2.37. The Morgan fingerprint density at radius 2 is 1.91 bits per heavy atom. The number of aromatic hydroxyl groups is 1. The minimum atomic E-state index is -0.337. The number of amidine groups is 1. The van der Waals surface area contributed by atoms with Gasteiger partial charge in [0, 0.05) is 12.1 Å². The largest absolute Gasteiger partial charge is 0.504 e. The molecule has 1 saturated heterocycles. The van der Waals surface area contributed by atoms with Crippen LogP contribution in [0.25, 0.3) is 6.08 Å². The smallest absolute Gasteiger partial charge is 0.266 e. The van der Waals surface area contributed by atoms with Gasteiger partial charge in [-0.3, -0.25) is 9.69 Å². The number of ether oxygens (including phenoxy) is 1. The van der Waals surface area contributed by atoms with Crippen LogP contribution in [0.1, 0.15) is 36.8 Å². The average Bonchev–Trinajstić information content (AvgIpc) is 3.09. The van der Waals surface area contributed by atoms with Crippen molar-refractivity contribution in [3.63, 3.8) is 0 Å². The Bertz CT molecular complexity index is 967. The van der Waals surface area contributed by atoms with E-state index >= 15 is 0 Å². The molecule has 1 fully saturated rings. The van der Waals surface area contributed by atoms with Crippen LogP contribution in [0.4, 0.5) is 5.69 Å². The van der Waals surface area contributed by atoms with Crippen LogP contribution in [0.15, 0.2) is 52.4 Å². The van der Waals surface area contributed by atoms with Crippen molar-refractivity contribution in [1.29, 1.82) is 0 Å². The molecule has 3 rings (SSSR count). The number of rotatable bonds is 10. The molecule has 0 bridgehead atoms. The van der Waals surface area contributed by atoms with Crippen LogP contribution in [0.3, 0.4) is 0 Å². The van der Waals surface area contributed by atoms with Gasteiger partial charge in [0.05, 0.1) is 24.3 Å². The maximum absolute atomic E-state index is 13.2. The standard InChI is InChI=1S/C24H29N3O4S/c1-31-20-14-17(13-18(16-28)22(20)29)15-21-23(30)27(12-8-3-2-7-11-25)24(32-21)26-19-9-5-4-6-10-19/h4-6,9-10,13-15,28-29H,2-3,7-8,11-12,16,25H2,1H3/b21-15+,26-24+. The maximum Gasteiger partial charge on any atom is 0.266 e. The fourth-order valence-electron chi connectivity index (χ4n) is 3.37. The van der Waals surface area contributed by atoms with E-state index in [9.17, 15) is 15.0 Å². The molecule has 2 aromatic rings. The summed E-state index contributed by atoms with van der Waals surface area (Å²) in [6.07, 6.45) is 5.63. The van der Waals surface area contributed by atoms with Crippen molar-refractivity contribution in [2.75, 3.05) is 20.2 Å². The average molecular weight is 456 g/mol. The van der Waals surface area contributed by atoms with E-state index in [4.69, 9.17) is 15.5 Å². The molecule has 0 saturated carbocycles. The molecule has 1 aliphatic rings. The van der Waals surface area contributed by atoms with Gasteiger partial charge in [0.15, 0.2) is 16.7 Å². The molecule has 2 aromatic carbocycles. The van der Waals surface area contributed by atoms with Crippen molar-refractivity contribution in [2.24, 2.45) is 10.7 Å². The number of thioether (sulfide) groups is 1. The summed E-state index contributed by atoms with van der Waals surface area (Å²) in [7, 11) is 1.44. The monoisotopic (exact) mass is 455 g/mol. The summed E-state index contributed by atoms with van der Waals surface area (Å²) in [5.74, 6) is 0.0304. The molecule has 0 aliphatic carbocycles. The highest BCUT2D eigenvalue weighted by atomic mass is 32.2. The second-order valence-electron chi connectivity index (χ2n) is 7.39. The predicted molar refractivity (Wildman–Crippen MR) is 129 cm³/mol. The lowest BCUT2D eigenvalue weighted by Crippen LogP contribution is -2.30. The van der Waals surface area contributed by atoms with Crippen LogP contribution in [0, 0.1) is 0 Å². The van der Waals surface area contributed by atoms with Gasteiger partial charge in [-0.15, -0.1) is 0 Å². The molecule has 0 atom stereocenters. The van der Waals surface area contributed by atoms with Crippen LogP contribution < -0.4 is 10.5 Å². The Balaban J connectivity index is 1.89. The summed E-state index contributed by atoms with van der Waals surface area (Å²) in [5, 5.41) is 20.3. The van der Waals surface area contributed by atoms with E-state index < -0.39 is 0 Å². The lowest BCUT2D eigenvalue weighted by atomic mass is 10.1. The first-order chi connectivity index (χ1) is 15.6. The number of aliphatic hydroxyl groups excluding tert-OH is 1. The Morgan fingerprint density at radius 1 is 1.16 bits per heavy atom. The number of benzene rings is 2. The Morgan fingerprint density at radius 3 is 2.59 bits per heavy atom. The van der Waals surface area contributed by atoms with Crippen molar-refractivity contribution in [3.8, 4) is 11.5 Å². The van der Waals surface area contributed by atoms with Crippen LogP contribution in [0.2, 0.25) is 0 Å². The van der Waals surface area contributed by atoms with Crippen molar-refractivity contribution in [3.05, 3.63) is 58.5 Å². The van der Waals surface area contributed by atoms with Crippen molar-refractivity contribution in [1.82, 2.24) is 4.90 Å². The third-order valence-corrected chi connectivity index (χ3v) is 6.08. The topological polar surface area (TPSA) is 108 Å². The lowest BCUT2D eigenvalue weighted by molar-refractivity contribution is -0.122. The molecular formula is C24H29N3O4S. The number of methoxy groups -OCH3 is 1. The second kappa shape index (κ2) is 11.7. The predicted octanol–water partition coefficient (Wildman–Crippen LogP) is 4.02. The zero-order valence-electron chi connectivity index (χ0n) is 18.2. The maximum atomic E-state index is 13.2. The highest BCUT2D eigenvalue weighted by Gasteiger charge is 2.33. The van der Waals surface area contributed by atoms with E-state index in [1.165, 1.54) is 18.9 Å². The highest BCUT2D eigenvalue weighted by molar-refractivity contribution is 8.18. The van der Waals surface area contributed by atoms with E-state index in [1.54, 1.807) is 23.1 Å². The van der Waals surface area contributed by atoms with Gasteiger partial charge in [0.1, 0.15) is 0 Å². The van der Waals surface area contributed by atoms with Gasteiger partial charge in [-0.1, -0.05) is 31.0 Å². The molecule has 170 valence electrons. The quantitative estimate of drug-likeness (QED) is 0.369. The van der Waals surface area contributed by atoms with Crippen LogP contribution >= 0.6 is 11.8 Å². The zero-order chi connectivity index (χ0) is 22.9. The second-order valence-corrected chi connectivity index (χ2v) is 8.40. The molecule has 7 nitrogen and oxygen atoms in total. The number of nitrogens with two attached hydrogens (primary N) is 1. The first kappa shape index (κ1) is 23.8. The number of phenols is 1. The Labute approximate surface area is 192 Å². The van der Waals surface area contributed by atoms with Gasteiger partial charge in [0.2, 0.25) is 0 Å². The molecule has 1 amide bonds. The number of amides is 1. The fourth-order valence-corrected chi connectivity index (χ4v) is 4.39. The van der Waals surface area contributed by atoms with E-state index in [1.807, 2.05) is 30.3 Å². The van der Waals surface area contributed by atoms with Gasteiger partial charge >= 0.3 is 0 Å². The van der Waals surface area contributed by atoms with Crippen molar-refractivity contribution < 1.29 is 19.7 Å². The summed E-state index contributed by atoms with van der Waals surface area (Å²) >= 11 is 1.32. The summed E-state index contributed by atoms with van der Waals surface area (Å²) in [6.45, 7) is 0.925. The number of unbranched alkanes of at least 4 members (excludes halogenated alkanes) is 3. The van der Waals surface area contributed by atoms with E-state index in [-0.39, 0.29) is 24.0 Å². The molecule has 0 spiro atoms. The Hall–Kier alpha value is -2.81. The molecule has 1 heterocycles. The molecular weight excluding hydrogens is 426 g/mol. The number of nitrogens with zero attached hydrogens (tertiary/aromatic N) is 2. The van der Waals surface area contributed by atoms with Crippen LogP contribution in [-0.2, 0) is 11.4 Å². The molecule has 1 aliphatic heterocycles. The fraction of sp³-hybridized carbons (Fsp3) is 0.333. The van der Waals surface area contributed by atoms with Gasteiger partial charge in [-0.2, -0.15) is 0 Å². The van der Waals surface area contributed by atoms with E-state index in [2.05, 4.69) is 0 Å². The summed E-state index contributed by atoms with van der Waals surface area (Å²) < 4.78 is 5.20. The van der Waals surface area contributed by atoms with Gasteiger partial charge in [0.25, 0.3) is 5.91 Å². The minimum Gasteiger partial charge on any atom is -0.504 e. The van der Waals surface area contributed by atoms with E-state index in [0.717, 1.165) is 31.4 Å². The van der Waals surface area contributed by atoms with Gasteiger partial charge in [-0.05, 0) is 67.1 Å². The molecule has 0 radical (unpaired) electrons. The molecule has 4 N–H and O–H groups in total. The molecule has 32 heavy (non-hydrogen) atoms. The zero-order valence-corrected chi connectivity index (χ0v) is 19.0. The minimum absolute atomic E-state index is 0.104. The van der Waals surface area contributed by atoms with Gasteiger partial charge in [-0.25, -0.2) is 4.99 Å². The molecule has 0 unspecified atom stereocenters. The van der Waals surface area contributed by atoms with Crippen molar-refractivity contribution >= 4 is 34.6 Å². The number of aliphatic hydroxyl groups is 1. The van der Waals surface area contributed by atoms with Crippen LogP contribution in [-0.4, -0.2) is 46.4 Å². The summed E-state index contributed by atoms with van der Waals surface area (Å²) in [4.78, 5) is 20.2. The normalized spacial score (nSPS) is 16.3. The number of hydrogen-bond acceptors (Lipinski definition) is 7. The lowest BCUT2D eigenvalue weighted by Gasteiger charge is -2.15. The molecule has 0 aromatic heterocycles. The number of carbonyl (C=O) groups excluding carboxylic acids is 1. The number of hydrogen-bond donors (Lipinski definition) is 3. The Kier molecular flexibility index (Phi) is 8.72.